The zero-order valence-electron chi connectivity index (χ0n) is 13.5. The van der Waals surface area contributed by atoms with Crippen molar-refractivity contribution in [3.05, 3.63) is 53.0 Å². The molecule has 0 amide bonds. The third-order valence-corrected chi connectivity index (χ3v) is 4.37. The Morgan fingerprint density at radius 2 is 1.83 bits per heavy atom. The number of halogens is 1. The molecule has 0 radical (unpaired) electrons. The molecule has 0 saturated carbocycles. The second-order valence-electron chi connectivity index (χ2n) is 5.67. The van der Waals surface area contributed by atoms with Crippen molar-refractivity contribution in [1.82, 2.24) is 9.97 Å². The Morgan fingerprint density at radius 3 is 2.57 bits per heavy atom. The van der Waals surface area contributed by atoms with E-state index in [-0.39, 0.29) is 0 Å². The SMILES string of the molecule is CCCCN(C)c1nc(-c2ccccc2)nc2ccc(Br)cc12. The highest BCUT2D eigenvalue weighted by Gasteiger charge is 2.13. The lowest BCUT2D eigenvalue weighted by Crippen LogP contribution is -2.20. The van der Waals surface area contributed by atoms with E-state index in [1.807, 2.05) is 30.3 Å². The summed E-state index contributed by atoms with van der Waals surface area (Å²) in [5.74, 6) is 1.77. The summed E-state index contributed by atoms with van der Waals surface area (Å²) in [6, 6.07) is 16.3. The minimum Gasteiger partial charge on any atom is -0.359 e. The number of anilines is 1. The van der Waals surface area contributed by atoms with E-state index in [0.717, 1.165) is 45.5 Å². The van der Waals surface area contributed by atoms with E-state index in [1.165, 1.54) is 6.42 Å². The Labute approximate surface area is 145 Å². The van der Waals surface area contributed by atoms with E-state index >= 15 is 0 Å². The lowest BCUT2D eigenvalue weighted by molar-refractivity contribution is 0.761. The highest BCUT2D eigenvalue weighted by Crippen LogP contribution is 2.29. The predicted octanol–water partition coefficient (Wildman–Crippen LogP) is 5.30. The molecule has 3 aromatic rings. The van der Waals surface area contributed by atoms with Crippen molar-refractivity contribution in [3.63, 3.8) is 0 Å². The fraction of sp³-hybridized carbons (Fsp3) is 0.263. The number of hydrogen-bond donors (Lipinski definition) is 0. The van der Waals surface area contributed by atoms with Crippen LogP contribution in [0.2, 0.25) is 0 Å². The van der Waals surface area contributed by atoms with Crippen molar-refractivity contribution >= 4 is 32.7 Å². The van der Waals surface area contributed by atoms with Gasteiger partial charge in [-0.3, -0.25) is 0 Å². The van der Waals surface area contributed by atoms with Crippen LogP contribution in [0, 0.1) is 0 Å². The molecule has 3 nitrogen and oxygen atoms in total. The van der Waals surface area contributed by atoms with Crippen LogP contribution >= 0.6 is 15.9 Å². The summed E-state index contributed by atoms with van der Waals surface area (Å²) in [6.07, 6.45) is 2.32. The zero-order chi connectivity index (χ0) is 16.2. The highest BCUT2D eigenvalue weighted by molar-refractivity contribution is 9.10. The van der Waals surface area contributed by atoms with Gasteiger partial charge in [0.25, 0.3) is 0 Å². The number of rotatable bonds is 5. The Bertz CT molecular complexity index is 802. The summed E-state index contributed by atoms with van der Waals surface area (Å²) >= 11 is 3.56. The van der Waals surface area contributed by atoms with Gasteiger partial charge in [0, 0.05) is 29.0 Å². The van der Waals surface area contributed by atoms with Gasteiger partial charge in [-0.25, -0.2) is 9.97 Å². The van der Waals surface area contributed by atoms with Crippen LogP contribution in [-0.2, 0) is 0 Å². The second kappa shape index (κ2) is 7.09. The first-order valence-electron chi connectivity index (χ1n) is 7.93. The second-order valence-corrected chi connectivity index (χ2v) is 6.59. The predicted molar refractivity (Wildman–Crippen MR) is 101 cm³/mol. The molecule has 0 bridgehead atoms. The number of nitrogens with zero attached hydrogens (tertiary/aromatic N) is 3. The number of aromatic nitrogens is 2. The first-order chi connectivity index (χ1) is 11.2. The Kier molecular flexibility index (Phi) is 4.91. The van der Waals surface area contributed by atoms with Crippen molar-refractivity contribution in [3.8, 4) is 11.4 Å². The van der Waals surface area contributed by atoms with E-state index in [1.54, 1.807) is 0 Å². The molecule has 0 saturated heterocycles. The molecule has 0 aliphatic rings. The van der Waals surface area contributed by atoms with Gasteiger partial charge < -0.3 is 4.90 Å². The third-order valence-electron chi connectivity index (χ3n) is 3.88. The van der Waals surface area contributed by atoms with E-state index < -0.39 is 0 Å². The van der Waals surface area contributed by atoms with Crippen molar-refractivity contribution < 1.29 is 0 Å². The molecule has 0 spiro atoms. The number of hydrogen-bond acceptors (Lipinski definition) is 3. The molecule has 0 unspecified atom stereocenters. The molecule has 0 aliphatic carbocycles. The maximum absolute atomic E-state index is 4.86. The summed E-state index contributed by atoms with van der Waals surface area (Å²) in [5.41, 5.74) is 2.02. The summed E-state index contributed by atoms with van der Waals surface area (Å²) in [4.78, 5) is 11.8. The van der Waals surface area contributed by atoms with Gasteiger partial charge in [0.05, 0.1) is 5.52 Å². The van der Waals surface area contributed by atoms with Gasteiger partial charge in [0.15, 0.2) is 5.82 Å². The molecule has 2 aromatic carbocycles. The first kappa shape index (κ1) is 15.9. The van der Waals surface area contributed by atoms with E-state index in [4.69, 9.17) is 9.97 Å². The van der Waals surface area contributed by atoms with Crippen LogP contribution in [-0.4, -0.2) is 23.6 Å². The molecule has 4 heteroatoms. The van der Waals surface area contributed by atoms with Gasteiger partial charge in [-0.15, -0.1) is 0 Å². The van der Waals surface area contributed by atoms with Gasteiger partial charge in [0.1, 0.15) is 5.82 Å². The lowest BCUT2D eigenvalue weighted by atomic mass is 10.1. The maximum atomic E-state index is 4.86. The van der Waals surface area contributed by atoms with Gasteiger partial charge in [0.2, 0.25) is 0 Å². The zero-order valence-corrected chi connectivity index (χ0v) is 15.0. The Balaban J connectivity index is 2.15. The molecule has 23 heavy (non-hydrogen) atoms. The van der Waals surface area contributed by atoms with Crippen LogP contribution in [0.25, 0.3) is 22.3 Å². The van der Waals surface area contributed by atoms with Gasteiger partial charge in [-0.1, -0.05) is 59.6 Å². The lowest BCUT2D eigenvalue weighted by Gasteiger charge is -2.20. The molecule has 1 heterocycles. The summed E-state index contributed by atoms with van der Waals surface area (Å²) < 4.78 is 1.05. The van der Waals surface area contributed by atoms with Crippen LogP contribution in [0.4, 0.5) is 5.82 Å². The van der Waals surface area contributed by atoms with Crippen molar-refractivity contribution in [1.29, 1.82) is 0 Å². The summed E-state index contributed by atoms with van der Waals surface area (Å²) in [7, 11) is 2.10. The fourth-order valence-corrected chi connectivity index (χ4v) is 2.95. The summed E-state index contributed by atoms with van der Waals surface area (Å²) in [6.45, 7) is 3.20. The molecule has 1 aromatic heterocycles. The molecule has 118 valence electrons. The molecule has 0 aliphatic heterocycles. The number of unbranched alkanes of at least 4 members (excludes halogenated alkanes) is 1. The molecule has 3 rings (SSSR count). The van der Waals surface area contributed by atoms with Gasteiger partial charge in [-0.2, -0.15) is 0 Å². The van der Waals surface area contributed by atoms with Crippen molar-refractivity contribution in [2.75, 3.05) is 18.5 Å². The topological polar surface area (TPSA) is 29.0 Å². The first-order valence-corrected chi connectivity index (χ1v) is 8.72. The van der Waals surface area contributed by atoms with Gasteiger partial charge >= 0.3 is 0 Å². The maximum Gasteiger partial charge on any atom is 0.162 e. The summed E-state index contributed by atoms with van der Waals surface area (Å²) in [5, 5.41) is 1.08. The monoisotopic (exact) mass is 369 g/mol. The normalized spacial score (nSPS) is 10.9. The average molecular weight is 370 g/mol. The molecular formula is C19H20BrN3. The smallest absolute Gasteiger partial charge is 0.162 e. The van der Waals surface area contributed by atoms with Crippen LogP contribution < -0.4 is 4.90 Å². The van der Waals surface area contributed by atoms with E-state index in [0.29, 0.717) is 0 Å². The van der Waals surface area contributed by atoms with E-state index in [2.05, 4.69) is 53.0 Å². The van der Waals surface area contributed by atoms with E-state index in [9.17, 15) is 0 Å². The van der Waals surface area contributed by atoms with Crippen LogP contribution in [0.5, 0.6) is 0 Å². The molecule has 0 atom stereocenters. The molecular weight excluding hydrogens is 350 g/mol. The Morgan fingerprint density at radius 1 is 1.04 bits per heavy atom. The standard InChI is InChI=1S/C19H20BrN3/c1-3-4-12-23(2)19-16-13-15(20)10-11-17(16)21-18(22-19)14-8-6-5-7-9-14/h5-11,13H,3-4,12H2,1-2H3. The van der Waals surface area contributed by atoms with Crippen LogP contribution in [0.1, 0.15) is 19.8 Å². The van der Waals surface area contributed by atoms with Crippen molar-refractivity contribution in [2.24, 2.45) is 0 Å². The minimum absolute atomic E-state index is 0.777. The van der Waals surface area contributed by atoms with Crippen LogP contribution in [0.15, 0.2) is 53.0 Å². The van der Waals surface area contributed by atoms with Crippen LogP contribution in [0.3, 0.4) is 0 Å². The average Bonchev–Trinajstić information content (AvgIpc) is 2.59. The number of fused-ring (bicyclic) bond motifs is 1. The number of benzene rings is 2. The largest absolute Gasteiger partial charge is 0.359 e. The third kappa shape index (κ3) is 3.53. The minimum atomic E-state index is 0.777. The quantitative estimate of drug-likeness (QED) is 0.611. The Hall–Kier alpha value is -1.94. The highest BCUT2D eigenvalue weighted by atomic mass is 79.9. The van der Waals surface area contributed by atoms with Crippen molar-refractivity contribution in [2.45, 2.75) is 19.8 Å². The fourth-order valence-electron chi connectivity index (χ4n) is 2.59. The molecule has 0 N–H and O–H groups in total. The van der Waals surface area contributed by atoms with Gasteiger partial charge in [-0.05, 0) is 24.6 Å². The molecule has 0 fully saturated rings.